The Morgan fingerprint density at radius 2 is 1.85 bits per heavy atom. The summed E-state index contributed by atoms with van der Waals surface area (Å²) in [6, 6.07) is 13.5. The molecule has 0 unspecified atom stereocenters. The number of carbonyl (C=O) groups excluding carboxylic acids is 2. The minimum absolute atomic E-state index is 0.0155. The summed E-state index contributed by atoms with van der Waals surface area (Å²) in [5.74, 6) is -0.512. The van der Waals surface area contributed by atoms with Gasteiger partial charge in [-0.25, -0.2) is 9.37 Å². The van der Waals surface area contributed by atoms with Gasteiger partial charge in [-0.05, 0) is 61.4 Å². The summed E-state index contributed by atoms with van der Waals surface area (Å²) >= 11 is 0. The quantitative estimate of drug-likeness (QED) is 0.446. The molecular formula is C25H24FN3O4. The Balaban J connectivity index is 1.54. The van der Waals surface area contributed by atoms with Crippen molar-refractivity contribution in [3.8, 4) is 17.4 Å². The van der Waals surface area contributed by atoms with Crippen LogP contribution in [0, 0.1) is 31.0 Å². The zero-order valence-corrected chi connectivity index (χ0v) is 18.5. The Bertz CT molecular complexity index is 1140. The number of nitriles is 1. The van der Waals surface area contributed by atoms with Gasteiger partial charge in [0, 0.05) is 24.2 Å². The molecule has 0 fully saturated rings. The summed E-state index contributed by atoms with van der Waals surface area (Å²) < 4.78 is 23.8. The third-order valence-electron chi connectivity index (χ3n) is 4.85. The number of esters is 1. The lowest BCUT2D eigenvalue weighted by atomic mass is 10.1. The number of hydrogen-bond acceptors (Lipinski definition) is 6. The van der Waals surface area contributed by atoms with Crippen molar-refractivity contribution in [2.75, 3.05) is 18.1 Å². The number of oxazole rings is 1. The summed E-state index contributed by atoms with van der Waals surface area (Å²) in [7, 11) is 0. The van der Waals surface area contributed by atoms with E-state index in [0.717, 1.165) is 11.1 Å². The van der Waals surface area contributed by atoms with Crippen LogP contribution in [0.1, 0.15) is 29.9 Å². The van der Waals surface area contributed by atoms with Gasteiger partial charge < -0.3 is 14.1 Å². The van der Waals surface area contributed by atoms with E-state index in [9.17, 15) is 14.0 Å². The molecule has 1 heterocycles. The van der Waals surface area contributed by atoms with Gasteiger partial charge in [-0.3, -0.25) is 9.59 Å². The van der Waals surface area contributed by atoms with E-state index < -0.39 is 18.5 Å². The summed E-state index contributed by atoms with van der Waals surface area (Å²) in [5.41, 5.74) is 3.31. The SMILES string of the molecule is Cc1cc(C)cc(N(CCC#N)C(=O)COC(=O)CCc2ncc(-c3ccc(F)cc3)o2)c1. The highest BCUT2D eigenvalue weighted by molar-refractivity contribution is 5.95. The zero-order valence-electron chi connectivity index (χ0n) is 18.5. The summed E-state index contributed by atoms with van der Waals surface area (Å²) in [5, 5.41) is 8.93. The maximum absolute atomic E-state index is 13.1. The lowest BCUT2D eigenvalue weighted by molar-refractivity contribution is -0.147. The van der Waals surface area contributed by atoms with Gasteiger partial charge in [0.25, 0.3) is 5.91 Å². The molecule has 0 aliphatic carbocycles. The second-order valence-electron chi connectivity index (χ2n) is 7.59. The number of ether oxygens (including phenoxy) is 1. The fourth-order valence-corrected chi connectivity index (χ4v) is 3.34. The second-order valence-corrected chi connectivity index (χ2v) is 7.59. The average molecular weight is 449 g/mol. The summed E-state index contributed by atoms with van der Waals surface area (Å²) in [6.07, 6.45) is 1.85. The van der Waals surface area contributed by atoms with E-state index >= 15 is 0 Å². The molecule has 1 amide bonds. The number of benzene rings is 2. The number of halogens is 1. The fraction of sp³-hybridized carbons (Fsp3) is 0.280. The smallest absolute Gasteiger partial charge is 0.306 e. The van der Waals surface area contributed by atoms with Gasteiger partial charge in [0.1, 0.15) is 5.82 Å². The van der Waals surface area contributed by atoms with Crippen LogP contribution in [-0.2, 0) is 20.7 Å². The van der Waals surface area contributed by atoms with E-state index in [4.69, 9.17) is 14.4 Å². The third-order valence-corrected chi connectivity index (χ3v) is 4.85. The molecule has 0 N–H and O–H groups in total. The van der Waals surface area contributed by atoms with Gasteiger partial charge in [0.2, 0.25) is 0 Å². The minimum atomic E-state index is -0.564. The van der Waals surface area contributed by atoms with Crippen molar-refractivity contribution in [1.29, 1.82) is 5.26 Å². The molecular weight excluding hydrogens is 425 g/mol. The largest absolute Gasteiger partial charge is 0.456 e. The van der Waals surface area contributed by atoms with Crippen LogP contribution in [-0.4, -0.2) is 30.0 Å². The third kappa shape index (κ3) is 6.74. The van der Waals surface area contributed by atoms with Crippen LogP contribution in [0.15, 0.2) is 53.1 Å². The lowest BCUT2D eigenvalue weighted by Crippen LogP contribution is -2.35. The van der Waals surface area contributed by atoms with Gasteiger partial charge in [0.05, 0.1) is 25.1 Å². The van der Waals surface area contributed by atoms with Crippen molar-refractivity contribution >= 4 is 17.6 Å². The highest BCUT2D eigenvalue weighted by Crippen LogP contribution is 2.22. The average Bonchev–Trinajstić information content (AvgIpc) is 3.25. The molecule has 3 aromatic rings. The van der Waals surface area contributed by atoms with E-state index in [2.05, 4.69) is 4.98 Å². The standard InChI is InChI=1S/C25H24FN3O4/c1-17-12-18(2)14-21(13-17)29(11-3-10-27)24(30)16-32-25(31)9-8-23-28-15-22(33-23)19-4-6-20(26)7-5-19/h4-7,12-15H,3,8-9,11,16H2,1-2H3. The normalized spacial score (nSPS) is 10.5. The number of aryl methyl sites for hydroxylation is 3. The number of nitrogens with zero attached hydrogens (tertiary/aromatic N) is 3. The molecule has 0 saturated carbocycles. The minimum Gasteiger partial charge on any atom is -0.456 e. The van der Waals surface area contributed by atoms with Crippen LogP contribution < -0.4 is 4.90 Å². The van der Waals surface area contributed by atoms with Gasteiger partial charge >= 0.3 is 5.97 Å². The molecule has 2 aromatic carbocycles. The van der Waals surface area contributed by atoms with Crippen molar-refractivity contribution in [2.45, 2.75) is 33.1 Å². The van der Waals surface area contributed by atoms with E-state index in [1.807, 2.05) is 38.1 Å². The highest BCUT2D eigenvalue weighted by Gasteiger charge is 2.18. The molecule has 0 aliphatic heterocycles. The number of carbonyl (C=O) groups is 2. The van der Waals surface area contributed by atoms with Gasteiger partial charge in [-0.15, -0.1) is 0 Å². The second kappa shape index (κ2) is 11.0. The van der Waals surface area contributed by atoms with E-state index in [1.165, 1.54) is 23.2 Å². The Morgan fingerprint density at radius 3 is 2.52 bits per heavy atom. The first-order valence-corrected chi connectivity index (χ1v) is 10.5. The van der Waals surface area contributed by atoms with E-state index in [1.54, 1.807) is 12.1 Å². The molecule has 0 bridgehead atoms. The van der Waals surface area contributed by atoms with Crippen LogP contribution in [0.4, 0.5) is 10.1 Å². The Labute approximate surface area is 191 Å². The molecule has 3 rings (SSSR count). The number of rotatable bonds is 9. The van der Waals surface area contributed by atoms with Crippen LogP contribution >= 0.6 is 0 Å². The Kier molecular flexibility index (Phi) is 7.92. The topological polar surface area (TPSA) is 96.4 Å². The maximum Gasteiger partial charge on any atom is 0.306 e. The van der Waals surface area contributed by atoms with Crippen molar-refractivity contribution in [1.82, 2.24) is 4.98 Å². The molecule has 7 nitrogen and oxygen atoms in total. The van der Waals surface area contributed by atoms with Gasteiger partial charge in [-0.2, -0.15) is 5.26 Å². The van der Waals surface area contributed by atoms with Crippen LogP contribution in [0.5, 0.6) is 0 Å². The summed E-state index contributed by atoms with van der Waals surface area (Å²) in [4.78, 5) is 30.5. The molecule has 0 saturated heterocycles. The molecule has 1 aromatic heterocycles. The Hall–Kier alpha value is -3.99. The van der Waals surface area contributed by atoms with Crippen molar-refractivity contribution in [2.24, 2.45) is 0 Å². The molecule has 0 aliphatic rings. The van der Waals surface area contributed by atoms with Crippen LogP contribution in [0.3, 0.4) is 0 Å². The van der Waals surface area contributed by atoms with Crippen molar-refractivity contribution in [3.63, 3.8) is 0 Å². The van der Waals surface area contributed by atoms with Crippen LogP contribution in [0.25, 0.3) is 11.3 Å². The molecule has 170 valence electrons. The number of anilines is 1. The summed E-state index contributed by atoms with van der Waals surface area (Å²) in [6.45, 7) is 3.63. The monoisotopic (exact) mass is 449 g/mol. The van der Waals surface area contributed by atoms with E-state index in [-0.39, 0.29) is 31.6 Å². The predicted octanol–water partition coefficient (Wildman–Crippen LogP) is 4.52. The van der Waals surface area contributed by atoms with Gasteiger partial charge in [-0.1, -0.05) is 6.07 Å². The first kappa shape index (κ1) is 23.7. The molecule has 33 heavy (non-hydrogen) atoms. The van der Waals surface area contributed by atoms with Gasteiger partial charge in [0.15, 0.2) is 18.3 Å². The van der Waals surface area contributed by atoms with Crippen molar-refractivity contribution < 1.29 is 23.1 Å². The van der Waals surface area contributed by atoms with Crippen LogP contribution in [0.2, 0.25) is 0 Å². The maximum atomic E-state index is 13.1. The molecule has 0 spiro atoms. The molecule has 8 heteroatoms. The number of aromatic nitrogens is 1. The van der Waals surface area contributed by atoms with E-state index in [0.29, 0.717) is 22.9 Å². The Morgan fingerprint density at radius 1 is 1.15 bits per heavy atom. The zero-order chi connectivity index (χ0) is 23.8. The predicted molar refractivity (Wildman–Crippen MR) is 120 cm³/mol. The lowest BCUT2D eigenvalue weighted by Gasteiger charge is -2.22. The van der Waals surface area contributed by atoms with Crippen molar-refractivity contribution in [3.05, 3.63) is 71.5 Å². The first-order valence-electron chi connectivity index (χ1n) is 10.5. The molecule has 0 atom stereocenters. The number of amides is 1. The molecule has 0 radical (unpaired) electrons. The first-order chi connectivity index (χ1) is 15.9. The highest BCUT2D eigenvalue weighted by atomic mass is 19.1. The fourth-order valence-electron chi connectivity index (χ4n) is 3.34. The number of hydrogen-bond donors (Lipinski definition) is 0.